The van der Waals surface area contributed by atoms with Crippen molar-refractivity contribution in [2.75, 3.05) is 7.05 Å². The van der Waals surface area contributed by atoms with Crippen LogP contribution in [0.15, 0.2) is 18.2 Å². The molecule has 0 radical (unpaired) electrons. The Morgan fingerprint density at radius 1 is 1.26 bits per heavy atom. The zero-order valence-corrected chi connectivity index (χ0v) is 12.2. The first kappa shape index (κ1) is 15.0. The van der Waals surface area contributed by atoms with Crippen LogP contribution in [0.25, 0.3) is 0 Å². The highest BCUT2D eigenvalue weighted by atomic mass is 35.5. The van der Waals surface area contributed by atoms with Gasteiger partial charge in [-0.1, -0.05) is 23.2 Å². The Morgan fingerprint density at radius 2 is 1.89 bits per heavy atom. The van der Waals surface area contributed by atoms with Gasteiger partial charge in [-0.3, -0.25) is 0 Å². The molecule has 0 spiro atoms. The predicted molar refractivity (Wildman–Crippen MR) is 75.2 cm³/mol. The summed E-state index contributed by atoms with van der Waals surface area (Å²) >= 11 is 12.2. The molecule has 0 saturated heterocycles. The van der Waals surface area contributed by atoms with Gasteiger partial charge in [0.05, 0.1) is 0 Å². The second kappa shape index (κ2) is 5.94. The molecule has 106 valence electrons. The number of nitrogens with one attached hydrogen (secondary N) is 1. The van der Waals surface area contributed by atoms with E-state index in [1.54, 1.807) is 12.1 Å². The minimum absolute atomic E-state index is 0.0256. The predicted octanol–water partition coefficient (Wildman–Crippen LogP) is 5.08. The molecule has 0 amide bonds. The van der Waals surface area contributed by atoms with E-state index in [0.29, 0.717) is 22.9 Å². The first-order valence-electron chi connectivity index (χ1n) is 6.43. The van der Waals surface area contributed by atoms with Crippen LogP contribution in [0.1, 0.15) is 37.3 Å². The summed E-state index contributed by atoms with van der Waals surface area (Å²) in [7, 11) is 1.83. The van der Waals surface area contributed by atoms with Crippen molar-refractivity contribution in [3.05, 3.63) is 33.8 Å². The molecule has 5 heteroatoms. The van der Waals surface area contributed by atoms with Gasteiger partial charge >= 0.3 is 0 Å². The van der Waals surface area contributed by atoms with E-state index in [9.17, 15) is 8.78 Å². The SMILES string of the molecule is CNC(c1cc(Cl)ccc1Cl)C1CCC(F)(F)CC1. The average Bonchev–Trinajstić information content (AvgIpc) is 2.36. The molecular weight excluding hydrogens is 291 g/mol. The zero-order chi connectivity index (χ0) is 14.0. The van der Waals surface area contributed by atoms with E-state index in [1.807, 2.05) is 13.1 Å². The van der Waals surface area contributed by atoms with Crippen molar-refractivity contribution >= 4 is 23.2 Å². The van der Waals surface area contributed by atoms with Crippen molar-refractivity contribution in [2.45, 2.75) is 37.6 Å². The normalized spacial score (nSPS) is 21.3. The van der Waals surface area contributed by atoms with Crippen LogP contribution < -0.4 is 5.32 Å². The van der Waals surface area contributed by atoms with Crippen molar-refractivity contribution in [2.24, 2.45) is 5.92 Å². The lowest BCUT2D eigenvalue weighted by Gasteiger charge is -2.34. The van der Waals surface area contributed by atoms with Crippen LogP contribution >= 0.6 is 23.2 Å². The van der Waals surface area contributed by atoms with E-state index in [2.05, 4.69) is 5.32 Å². The van der Waals surface area contributed by atoms with E-state index in [0.717, 1.165) is 5.56 Å². The monoisotopic (exact) mass is 307 g/mol. The lowest BCUT2D eigenvalue weighted by molar-refractivity contribution is -0.0495. The van der Waals surface area contributed by atoms with Gasteiger partial charge < -0.3 is 5.32 Å². The maximum Gasteiger partial charge on any atom is 0.248 e. The van der Waals surface area contributed by atoms with Gasteiger partial charge in [-0.2, -0.15) is 0 Å². The van der Waals surface area contributed by atoms with E-state index >= 15 is 0 Å². The summed E-state index contributed by atoms with van der Waals surface area (Å²) in [4.78, 5) is 0. The first-order valence-corrected chi connectivity index (χ1v) is 7.18. The number of benzene rings is 1. The van der Waals surface area contributed by atoms with Crippen LogP contribution in [0.4, 0.5) is 8.78 Å². The van der Waals surface area contributed by atoms with Crippen molar-refractivity contribution < 1.29 is 8.78 Å². The quantitative estimate of drug-likeness (QED) is 0.821. The van der Waals surface area contributed by atoms with E-state index in [1.165, 1.54) is 0 Å². The van der Waals surface area contributed by atoms with Gasteiger partial charge in [-0.25, -0.2) is 8.78 Å². The number of hydrogen-bond acceptors (Lipinski definition) is 1. The third-order valence-electron chi connectivity index (χ3n) is 3.84. The van der Waals surface area contributed by atoms with E-state index < -0.39 is 5.92 Å². The van der Waals surface area contributed by atoms with Gasteiger partial charge in [0, 0.05) is 28.9 Å². The molecule has 1 N–H and O–H groups in total. The van der Waals surface area contributed by atoms with E-state index in [4.69, 9.17) is 23.2 Å². The molecule has 0 heterocycles. The summed E-state index contributed by atoms with van der Waals surface area (Å²) in [5.41, 5.74) is 0.895. The Kier molecular flexibility index (Phi) is 4.70. The Balaban J connectivity index is 2.18. The fourth-order valence-electron chi connectivity index (χ4n) is 2.79. The summed E-state index contributed by atoms with van der Waals surface area (Å²) in [6.07, 6.45) is 0.908. The summed E-state index contributed by atoms with van der Waals surface area (Å²) in [5.74, 6) is -2.34. The topological polar surface area (TPSA) is 12.0 Å². The lowest BCUT2D eigenvalue weighted by Crippen LogP contribution is -2.32. The minimum Gasteiger partial charge on any atom is -0.313 e. The molecule has 1 nitrogen and oxygen atoms in total. The van der Waals surface area contributed by atoms with Crippen LogP contribution in [-0.4, -0.2) is 13.0 Å². The standard InChI is InChI=1S/C14H17Cl2F2N/c1-19-13(9-4-6-14(17,18)7-5-9)11-8-10(15)2-3-12(11)16/h2-3,8-9,13,19H,4-7H2,1H3. The molecule has 2 rings (SSSR count). The number of halogens is 4. The van der Waals surface area contributed by atoms with Gasteiger partial charge in [-0.15, -0.1) is 0 Å². The highest BCUT2D eigenvalue weighted by molar-refractivity contribution is 6.33. The molecule has 1 atom stereocenters. The second-order valence-electron chi connectivity index (χ2n) is 5.13. The maximum absolute atomic E-state index is 13.2. The highest BCUT2D eigenvalue weighted by Crippen LogP contribution is 2.42. The molecule has 0 aliphatic heterocycles. The fraction of sp³-hybridized carbons (Fsp3) is 0.571. The van der Waals surface area contributed by atoms with Gasteiger partial charge in [0.15, 0.2) is 0 Å². The Bertz CT molecular complexity index is 441. The second-order valence-corrected chi connectivity index (χ2v) is 5.97. The van der Waals surface area contributed by atoms with Gasteiger partial charge in [0.25, 0.3) is 0 Å². The van der Waals surface area contributed by atoms with Gasteiger partial charge in [-0.05, 0) is 49.6 Å². The largest absolute Gasteiger partial charge is 0.313 e. The molecule has 0 aromatic heterocycles. The zero-order valence-electron chi connectivity index (χ0n) is 10.7. The van der Waals surface area contributed by atoms with Crippen LogP contribution in [-0.2, 0) is 0 Å². The van der Waals surface area contributed by atoms with Gasteiger partial charge in [0.1, 0.15) is 0 Å². The van der Waals surface area contributed by atoms with Crippen LogP contribution in [0, 0.1) is 5.92 Å². The fourth-order valence-corrected chi connectivity index (χ4v) is 3.21. The number of hydrogen-bond donors (Lipinski definition) is 1. The summed E-state index contributed by atoms with van der Waals surface area (Å²) in [5, 5.41) is 4.43. The molecule has 19 heavy (non-hydrogen) atoms. The smallest absolute Gasteiger partial charge is 0.248 e. The third kappa shape index (κ3) is 3.59. The van der Waals surface area contributed by atoms with Crippen molar-refractivity contribution in [3.63, 3.8) is 0 Å². The van der Waals surface area contributed by atoms with Crippen LogP contribution in [0.5, 0.6) is 0 Å². The molecule has 1 aromatic carbocycles. The lowest BCUT2D eigenvalue weighted by atomic mass is 9.79. The summed E-state index contributed by atoms with van der Waals surface area (Å²) < 4.78 is 26.4. The number of rotatable bonds is 3. The van der Waals surface area contributed by atoms with Crippen LogP contribution in [0.2, 0.25) is 10.0 Å². The van der Waals surface area contributed by atoms with Crippen molar-refractivity contribution in [1.82, 2.24) is 5.32 Å². The molecule has 1 aliphatic rings. The Hall–Kier alpha value is -0.380. The van der Waals surface area contributed by atoms with Crippen molar-refractivity contribution in [1.29, 1.82) is 0 Å². The molecule has 1 unspecified atom stereocenters. The summed E-state index contributed by atoms with van der Waals surface area (Å²) in [6.45, 7) is 0. The van der Waals surface area contributed by atoms with Crippen LogP contribution in [0.3, 0.4) is 0 Å². The molecule has 1 fully saturated rings. The van der Waals surface area contributed by atoms with Crippen molar-refractivity contribution in [3.8, 4) is 0 Å². The molecule has 1 aliphatic carbocycles. The molecule has 1 saturated carbocycles. The molecule has 0 bridgehead atoms. The van der Waals surface area contributed by atoms with Gasteiger partial charge in [0.2, 0.25) is 5.92 Å². The first-order chi connectivity index (χ1) is 8.93. The highest BCUT2D eigenvalue weighted by Gasteiger charge is 2.38. The minimum atomic E-state index is -2.51. The third-order valence-corrected chi connectivity index (χ3v) is 4.42. The Morgan fingerprint density at radius 3 is 2.47 bits per heavy atom. The number of alkyl halides is 2. The maximum atomic E-state index is 13.2. The molecule has 1 aromatic rings. The van der Waals surface area contributed by atoms with E-state index in [-0.39, 0.29) is 24.8 Å². The Labute approximate surface area is 122 Å². The average molecular weight is 308 g/mol. The molecular formula is C14H17Cl2F2N. The summed E-state index contributed by atoms with van der Waals surface area (Å²) in [6, 6.07) is 5.27.